The van der Waals surface area contributed by atoms with E-state index in [1.54, 1.807) is 12.1 Å². The van der Waals surface area contributed by atoms with Crippen LogP contribution in [-0.4, -0.2) is 18.3 Å². The summed E-state index contributed by atoms with van der Waals surface area (Å²) in [7, 11) is 1.52. The summed E-state index contributed by atoms with van der Waals surface area (Å²) in [6.07, 6.45) is 1.05. The third-order valence-corrected chi connectivity index (χ3v) is 3.36. The Bertz CT molecular complexity index is 394. The van der Waals surface area contributed by atoms with Crippen molar-refractivity contribution in [3.63, 3.8) is 0 Å². The van der Waals surface area contributed by atoms with E-state index in [0.29, 0.717) is 29.3 Å². The minimum Gasteiger partial charge on any atom is -0.504 e. The fourth-order valence-electron chi connectivity index (χ4n) is 2.01. The van der Waals surface area contributed by atoms with Crippen molar-refractivity contribution in [3.05, 3.63) is 22.7 Å². The summed E-state index contributed by atoms with van der Waals surface area (Å²) >= 11 is 5.99. The molecule has 0 spiro atoms. The zero-order valence-electron chi connectivity index (χ0n) is 11.5. The number of benzene rings is 1. The van der Waals surface area contributed by atoms with Gasteiger partial charge in [0.2, 0.25) is 0 Å². The maximum Gasteiger partial charge on any atom is 0.162 e. The Labute approximate surface area is 114 Å². The molecule has 18 heavy (non-hydrogen) atoms. The molecule has 0 aromatic heterocycles. The standard InChI is InChI=1S/C14H22ClNO2/c1-5-12(9(2)3)16-8-10-6-11(15)7-13(18-4)14(10)17/h6-7,9,12,16-17H,5,8H2,1-4H3. The molecule has 4 heteroatoms. The maximum absolute atomic E-state index is 10.0. The normalized spacial score (nSPS) is 12.8. The van der Waals surface area contributed by atoms with Gasteiger partial charge in [-0.2, -0.15) is 0 Å². The van der Waals surface area contributed by atoms with E-state index in [0.717, 1.165) is 12.0 Å². The third kappa shape index (κ3) is 3.79. The van der Waals surface area contributed by atoms with E-state index >= 15 is 0 Å². The monoisotopic (exact) mass is 271 g/mol. The lowest BCUT2D eigenvalue weighted by atomic mass is 10.0. The molecule has 1 unspecified atom stereocenters. The van der Waals surface area contributed by atoms with Gasteiger partial charge in [-0.3, -0.25) is 0 Å². The first-order valence-corrected chi connectivity index (χ1v) is 6.66. The fourth-order valence-corrected chi connectivity index (χ4v) is 2.24. The number of rotatable bonds is 6. The highest BCUT2D eigenvalue weighted by Crippen LogP contribution is 2.33. The van der Waals surface area contributed by atoms with Crippen LogP contribution in [0.3, 0.4) is 0 Å². The van der Waals surface area contributed by atoms with Crippen LogP contribution in [-0.2, 0) is 6.54 Å². The van der Waals surface area contributed by atoms with Crippen LogP contribution in [0.5, 0.6) is 11.5 Å². The van der Waals surface area contributed by atoms with Crippen LogP contribution >= 0.6 is 11.6 Å². The van der Waals surface area contributed by atoms with Gasteiger partial charge >= 0.3 is 0 Å². The fraction of sp³-hybridized carbons (Fsp3) is 0.571. The quantitative estimate of drug-likeness (QED) is 0.831. The highest BCUT2D eigenvalue weighted by atomic mass is 35.5. The first kappa shape index (κ1) is 15.1. The second-order valence-corrected chi connectivity index (χ2v) is 5.19. The van der Waals surface area contributed by atoms with Gasteiger partial charge in [-0.15, -0.1) is 0 Å². The summed E-state index contributed by atoms with van der Waals surface area (Å²) in [4.78, 5) is 0. The van der Waals surface area contributed by atoms with Crippen molar-refractivity contribution in [1.82, 2.24) is 5.32 Å². The van der Waals surface area contributed by atoms with Crippen LogP contribution in [0.25, 0.3) is 0 Å². The first-order chi connectivity index (χ1) is 8.49. The first-order valence-electron chi connectivity index (χ1n) is 6.28. The SMILES string of the molecule is CCC(NCc1cc(Cl)cc(OC)c1O)C(C)C. The Morgan fingerprint density at radius 3 is 2.56 bits per heavy atom. The van der Waals surface area contributed by atoms with Gasteiger partial charge in [-0.25, -0.2) is 0 Å². The van der Waals surface area contributed by atoms with E-state index in [2.05, 4.69) is 26.1 Å². The third-order valence-electron chi connectivity index (χ3n) is 3.14. The van der Waals surface area contributed by atoms with E-state index in [1.165, 1.54) is 7.11 Å². The lowest BCUT2D eigenvalue weighted by molar-refractivity contribution is 0.361. The number of hydrogen-bond donors (Lipinski definition) is 2. The summed E-state index contributed by atoms with van der Waals surface area (Å²) in [5.74, 6) is 1.13. The van der Waals surface area contributed by atoms with Crippen molar-refractivity contribution in [2.45, 2.75) is 39.8 Å². The number of methoxy groups -OCH3 is 1. The largest absolute Gasteiger partial charge is 0.504 e. The molecule has 1 rings (SSSR count). The molecule has 1 atom stereocenters. The predicted octanol–water partition coefficient (Wildman–Crippen LogP) is 3.58. The Balaban J connectivity index is 2.81. The Morgan fingerprint density at radius 1 is 1.39 bits per heavy atom. The van der Waals surface area contributed by atoms with E-state index in [-0.39, 0.29) is 5.75 Å². The number of phenols is 1. The van der Waals surface area contributed by atoms with Crippen molar-refractivity contribution < 1.29 is 9.84 Å². The average Bonchev–Trinajstić information content (AvgIpc) is 2.33. The molecular weight excluding hydrogens is 250 g/mol. The van der Waals surface area contributed by atoms with E-state index in [1.807, 2.05) is 0 Å². The van der Waals surface area contributed by atoms with Crippen LogP contribution in [0.2, 0.25) is 5.02 Å². The summed E-state index contributed by atoms with van der Waals surface area (Å²) in [5, 5.41) is 14.0. The van der Waals surface area contributed by atoms with Gasteiger partial charge in [-0.05, 0) is 18.4 Å². The molecule has 102 valence electrons. The van der Waals surface area contributed by atoms with Crippen LogP contribution in [0.15, 0.2) is 12.1 Å². The minimum atomic E-state index is 0.160. The maximum atomic E-state index is 10.0. The van der Waals surface area contributed by atoms with Gasteiger partial charge in [0.05, 0.1) is 7.11 Å². The topological polar surface area (TPSA) is 41.5 Å². The molecule has 1 aromatic carbocycles. The smallest absolute Gasteiger partial charge is 0.162 e. The molecule has 0 aliphatic heterocycles. The van der Waals surface area contributed by atoms with Crippen molar-refractivity contribution in [1.29, 1.82) is 0 Å². The van der Waals surface area contributed by atoms with Crippen LogP contribution in [0.4, 0.5) is 0 Å². The molecule has 0 saturated carbocycles. The number of ether oxygens (including phenoxy) is 1. The lowest BCUT2D eigenvalue weighted by Gasteiger charge is -2.21. The van der Waals surface area contributed by atoms with Crippen molar-refractivity contribution >= 4 is 11.6 Å². The molecule has 0 bridgehead atoms. The Morgan fingerprint density at radius 2 is 2.06 bits per heavy atom. The highest BCUT2D eigenvalue weighted by Gasteiger charge is 2.13. The second-order valence-electron chi connectivity index (χ2n) is 4.76. The highest BCUT2D eigenvalue weighted by molar-refractivity contribution is 6.30. The Hall–Kier alpha value is -0.930. The predicted molar refractivity (Wildman–Crippen MR) is 75.4 cm³/mol. The molecule has 0 saturated heterocycles. The molecule has 0 fully saturated rings. The van der Waals surface area contributed by atoms with Gasteiger partial charge in [0, 0.05) is 29.2 Å². The number of nitrogens with one attached hydrogen (secondary N) is 1. The number of aromatic hydroxyl groups is 1. The van der Waals surface area contributed by atoms with Gasteiger partial charge in [0.15, 0.2) is 11.5 Å². The molecule has 1 aromatic rings. The molecule has 0 aliphatic carbocycles. The lowest BCUT2D eigenvalue weighted by Crippen LogP contribution is -2.32. The van der Waals surface area contributed by atoms with Crippen molar-refractivity contribution in [2.75, 3.05) is 7.11 Å². The minimum absolute atomic E-state index is 0.160. The summed E-state index contributed by atoms with van der Waals surface area (Å²) in [6, 6.07) is 3.80. The summed E-state index contributed by atoms with van der Waals surface area (Å²) < 4.78 is 5.08. The molecule has 0 radical (unpaired) electrons. The summed E-state index contributed by atoms with van der Waals surface area (Å²) in [5.41, 5.74) is 0.762. The molecule has 3 nitrogen and oxygen atoms in total. The second kappa shape index (κ2) is 6.86. The average molecular weight is 272 g/mol. The van der Waals surface area contributed by atoms with Gasteiger partial charge in [0.1, 0.15) is 0 Å². The molecule has 0 aliphatic rings. The van der Waals surface area contributed by atoms with Crippen LogP contribution in [0.1, 0.15) is 32.8 Å². The van der Waals surface area contributed by atoms with Gasteiger partial charge in [0.25, 0.3) is 0 Å². The number of halogens is 1. The van der Waals surface area contributed by atoms with Crippen molar-refractivity contribution in [2.24, 2.45) is 5.92 Å². The molecule has 2 N–H and O–H groups in total. The van der Waals surface area contributed by atoms with E-state index in [4.69, 9.17) is 16.3 Å². The number of phenolic OH excluding ortho intramolecular Hbond substituents is 1. The van der Waals surface area contributed by atoms with Crippen LogP contribution in [0, 0.1) is 5.92 Å². The van der Waals surface area contributed by atoms with E-state index in [9.17, 15) is 5.11 Å². The Kier molecular flexibility index (Phi) is 5.76. The molecule has 0 amide bonds. The van der Waals surface area contributed by atoms with Gasteiger partial charge < -0.3 is 15.2 Å². The van der Waals surface area contributed by atoms with E-state index < -0.39 is 0 Å². The zero-order valence-corrected chi connectivity index (χ0v) is 12.2. The molecular formula is C14H22ClNO2. The van der Waals surface area contributed by atoms with Crippen LogP contribution < -0.4 is 10.1 Å². The van der Waals surface area contributed by atoms with Gasteiger partial charge in [-0.1, -0.05) is 32.4 Å². The zero-order chi connectivity index (χ0) is 13.7. The van der Waals surface area contributed by atoms with Crippen molar-refractivity contribution in [3.8, 4) is 11.5 Å². The molecule has 0 heterocycles. The summed E-state index contributed by atoms with van der Waals surface area (Å²) in [6.45, 7) is 7.09. The number of hydrogen-bond acceptors (Lipinski definition) is 3.